The van der Waals surface area contributed by atoms with Crippen molar-refractivity contribution in [2.75, 3.05) is 0 Å². The van der Waals surface area contributed by atoms with E-state index in [1.54, 1.807) is 19.1 Å². The van der Waals surface area contributed by atoms with Gasteiger partial charge in [-0.15, -0.1) is 0 Å². The summed E-state index contributed by atoms with van der Waals surface area (Å²) in [5.41, 5.74) is 2.37. The molecular formula is C18H13ClN2O. The number of carbonyl (C=O) groups is 1. The second-order valence-corrected chi connectivity index (χ2v) is 5.22. The van der Waals surface area contributed by atoms with E-state index >= 15 is 0 Å². The van der Waals surface area contributed by atoms with Crippen molar-refractivity contribution in [3.63, 3.8) is 0 Å². The van der Waals surface area contributed by atoms with Crippen LogP contribution in [-0.2, 0) is 0 Å². The number of hydrogen-bond acceptors (Lipinski definition) is 3. The number of rotatable bonds is 3. The normalized spacial score (nSPS) is 10.5. The summed E-state index contributed by atoms with van der Waals surface area (Å²) in [6.45, 7) is 1.77. The second kappa shape index (κ2) is 6.08. The first-order chi connectivity index (χ1) is 10.7. The Morgan fingerprint density at radius 1 is 0.909 bits per heavy atom. The smallest absolute Gasteiger partial charge is 0.197 e. The highest BCUT2D eigenvalue weighted by atomic mass is 35.5. The number of nitrogens with zero attached hydrogens (tertiary/aromatic N) is 2. The van der Waals surface area contributed by atoms with Crippen LogP contribution in [0.1, 0.15) is 21.6 Å². The molecule has 0 N–H and O–H groups in total. The van der Waals surface area contributed by atoms with Crippen LogP contribution in [0.15, 0.2) is 60.7 Å². The molecular weight excluding hydrogens is 296 g/mol. The number of ketones is 1. The van der Waals surface area contributed by atoms with Gasteiger partial charge in [-0.05, 0) is 6.92 Å². The lowest BCUT2D eigenvalue weighted by atomic mass is 10.0. The minimum atomic E-state index is -0.164. The van der Waals surface area contributed by atoms with Gasteiger partial charge in [0.15, 0.2) is 11.6 Å². The zero-order valence-electron chi connectivity index (χ0n) is 12.0. The number of aryl methyl sites for hydroxylation is 1. The maximum atomic E-state index is 12.6. The first kappa shape index (κ1) is 14.4. The summed E-state index contributed by atoms with van der Waals surface area (Å²) in [6, 6.07) is 18.5. The third-order valence-electron chi connectivity index (χ3n) is 3.34. The van der Waals surface area contributed by atoms with Crippen molar-refractivity contribution in [1.29, 1.82) is 0 Å². The van der Waals surface area contributed by atoms with Gasteiger partial charge in [0, 0.05) is 11.1 Å². The van der Waals surface area contributed by atoms with Crippen LogP contribution in [0.5, 0.6) is 0 Å². The molecule has 0 radical (unpaired) electrons. The molecule has 4 heteroatoms. The van der Waals surface area contributed by atoms with Crippen molar-refractivity contribution in [1.82, 2.24) is 9.97 Å². The molecule has 1 aromatic heterocycles. The van der Waals surface area contributed by atoms with Crippen LogP contribution in [0.4, 0.5) is 0 Å². The van der Waals surface area contributed by atoms with E-state index in [4.69, 9.17) is 11.6 Å². The molecule has 0 saturated carbocycles. The predicted molar refractivity (Wildman–Crippen MR) is 87.1 cm³/mol. The van der Waals surface area contributed by atoms with Crippen LogP contribution in [0.2, 0.25) is 5.15 Å². The van der Waals surface area contributed by atoms with Crippen LogP contribution in [0, 0.1) is 6.92 Å². The highest BCUT2D eigenvalue weighted by Gasteiger charge is 2.19. The van der Waals surface area contributed by atoms with Gasteiger partial charge in [0.05, 0.1) is 11.3 Å². The summed E-state index contributed by atoms with van der Waals surface area (Å²) < 4.78 is 0. The molecule has 2 aromatic carbocycles. The van der Waals surface area contributed by atoms with Gasteiger partial charge >= 0.3 is 0 Å². The quantitative estimate of drug-likeness (QED) is 0.534. The molecule has 0 aliphatic rings. The fourth-order valence-electron chi connectivity index (χ4n) is 2.25. The molecule has 0 aliphatic heterocycles. The van der Waals surface area contributed by atoms with Crippen LogP contribution in [-0.4, -0.2) is 15.8 Å². The Kier molecular flexibility index (Phi) is 3.98. The highest BCUT2D eigenvalue weighted by Crippen LogP contribution is 2.24. The Labute approximate surface area is 133 Å². The lowest BCUT2D eigenvalue weighted by Gasteiger charge is -2.09. The average Bonchev–Trinajstić information content (AvgIpc) is 2.55. The molecule has 0 saturated heterocycles. The number of halogens is 1. The van der Waals surface area contributed by atoms with Gasteiger partial charge < -0.3 is 0 Å². The zero-order chi connectivity index (χ0) is 15.5. The SMILES string of the molecule is Cc1nc(-c2ccccc2)nc(Cl)c1C(=O)c1ccccc1. The van der Waals surface area contributed by atoms with Crippen molar-refractivity contribution >= 4 is 17.4 Å². The van der Waals surface area contributed by atoms with Crippen LogP contribution in [0.25, 0.3) is 11.4 Å². The van der Waals surface area contributed by atoms with Crippen LogP contribution < -0.4 is 0 Å². The molecule has 0 aliphatic carbocycles. The number of benzene rings is 2. The van der Waals surface area contributed by atoms with Gasteiger partial charge in [0.25, 0.3) is 0 Å². The first-order valence-corrected chi connectivity index (χ1v) is 7.24. The van der Waals surface area contributed by atoms with E-state index in [0.29, 0.717) is 22.6 Å². The Morgan fingerprint density at radius 2 is 1.50 bits per heavy atom. The molecule has 0 unspecified atom stereocenters. The molecule has 0 spiro atoms. The molecule has 3 aromatic rings. The average molecular weight is 309 g/mol. The summed E-state index contributed by atoms with van der Waals surface area (Å²) in [5.74, 6) is 0.357. The fourth-order valence-corrected chi connectivity index (χ4v) is 2.55. The van der Waals surface area contributed by atoms with Crippen LogP contribution in [0.3, 0.4) is 0 Å². The molecule has 0 atom stereocenters. The van der Waals surface area contributed by atoms with Crippen molar-refractivity contribution < 1.29 is 4.79 Å². The van der Waals surface area contributed by atoms with E-state index in [1.165, 1.54) is 0 Å². The lowest BCUT2D eigenvalue weighted by Crippen LogP contribution is -2.08. The third kappa shape index (κ3) is 2.76. The third-order valence-corrected chi connectivity index (χ3v) is 3.61. The molecule has 1 heterocycles. The Hall–Kier alpha value is -2.52. The summed E-state index contributed by atoms with van der Waals surface area (Å²) >= 11 is 6.26. The maximum absolute atomic E-state index is 12.6. The first-order valence-electron chi connectivity index (χ1n) is 6.86. The van der Waals surface area contributed by atoms with Gasteiger partial charge in [-0.3, -0.25) is 4.79 Å². The van der Waals surface area contributed by atoms with E-state index in [1.807, 2.05) is 48.5 Å². The minimum absolute atomic E-state index is 0.164. The van der Waals surface area contributed by atoms with Crippen LogP contribution >= 0.6 is 11.6 Å². The lowest BCUT2D eigenvalue weighted by molar-refractivity contribution is 0.103. The molecule has 0 bridgehead atoms. The van der Waals surface area contributed by atoms with E-state index in [0.717, 1.165) is 5.56 Å². The summed E-state index contributed by atoms with van der Waals surface area (Å²) in [4.78, 5) is 21.3. The molecule has 0 fully saturated rings. The second-order valence-electron chi connectivity index (χ2n) is 4.86. The summed E-state index contributed by atoms with van der Waals surface area (Å²) in [7, 11) is 0. The monoisotopic (exact) mass is 308 g/mol. The van der Waals surface area contributed by atoms with Crippen molar-refractivity contribution in [3.8, 4) is 11.4 Å². The predicted octanol–water partition coefficient (Wildman–Crippen LogP) is 4.34. The van der Waals surface area contributed by atoms with Crippen molar-refractivity contribution in [3.05, 3.63) is 82.6 Å². The molecule has 0 amide bonds. The Balaban J connectivity index is 2.06. The van der Waals surface area contributed by atoms with Gasteiger partial charge in [0.2, 0.25) is 0 Å². The zero-order valence-corrected chi connectivity index (χ0v) is 12.7. The highest BCUT2D eigenvalue weighted by molar-refractivity contribution is 6.34. The minimum Gasteiger partial charge on any atom is -0.288 e. The summed E-state index contributed by atoms with van der Waals surface area (Å²) in [6.07, 6.45) is 0. The van der Waals surface area contributed by atoms with E-state index in [2.05, 4.69) is 9.97 Å². The number of aromatic nitrogens is 2. The summed E-state index contributed by atoms with van der Waals surface area (Å²) in [5, 5.41) is 0.181. The van der Waals surface area contributed by atoms with E-state index in [-0.39, 0.29) is 10.9 Å². The van der Waals surface area contributed by atoms with Crippen molar-refractivity contribution in [2.45, 2.75) is 6.92 Å². The maximum Gasteiger partial charge on any atom is 0.197 e. The molecule has 3 nitrogen and oxygen atoms in total. The topological polar surface area (TPSA) is 42.9 Å². The van der Waals surface area contributed by atoms with Gasteiger partial charge in [0.1, 0.15) is 5.15 Å². The Bertz CT molecular complexity index is 794. The van der Waals surface area contributed by atoms with Gasteiger partial charge in [-0.2, -0.15) is 0 Å². The van der Waals surface area contributed by atoms with Gasteiger partial charge in [-0.1, -0.05) is 72.3 Å². The largest absolute Gasteiger partial charge is 0.288 e. The van der Waals surface area contributed by atoms with E-state index < -0.39 is 0 Å². The van der Waals surface area contributed by atoms with E-state index in [9.17, 15) is 4.79 Å². The standard InChI is InChI=1S/C18H13ClN2O/c1-12-15(16(22)13-8-4-2-5-9-13)17(19)21-18(20-12)14-10-6-3-7-11-14/h2-11H,1H3. The number of carbonyl (C=O) groups excluding carboxylic acids is 1. The molecule has 22 heavy (non-hydrogen) atoms. The van der Waals surface area contributed by atoms with Crippen molar-refractivity contribution in [2.24, 2.45) is 0 Å². The molecule has 3 rings (SSSR count). The molecule has 108 valence electrons. The van der Waals surface area contributed by atoms with Gasteiger partial charge in [-0.25, -0.2) is 9.97 Å². The Morgan fingerprint density at radius 3 is 2.09 bits per heavy atom. The number of hydrogen-bond donors (Lipinski definition) is 0. The fraction of sp³-hybridized carbons (Fsp3) is 0.0556.